The van der Waals surface area contributed by atoms with Gasteiger partial charge in [0.05, 0.1) is 5.02 Å². The Morgan fingerprint density at radius 2 is 2.14 bits per heavy atom. The van der Waals surface area contributed by atoms with Crippen LogP contribution in [0.25, 0.3) is 0 Å². The normalized spacial score (nSPS) is 10.0. The van der Waals surface area contributed by atoms with Crippen molar-refractivity contribution in [2.24, 2.45) is 0 Å². The predicted octanol–water partition coefficient (Wildman–Crippen LogP) is 0.00250. The Labute approximate surface area is 87.2 Å². The molecule has 1 aromatic rings. The second-order valence-electron chi connectivity index (χ2n) is 2.58. The molecule has 0 saturated heterocycles. The second kappa shape index (κ2) is 5.21. The molecule has 1 aromatic carbocycles. The zero-order valence-corrected chi connectivity index (χ0v) is 8.36. The Hall–Kier alpha value is -0.745. The van der Waals surface area contributed by atoms with Crippen LogP contribution in [0.2, 0.25) is 5.02 Å². The topological polar surface area (TPSA) is 58.9 Å². The van der Waals surface area contributed by atoms with Crippen LogP contribution in [0.3, 0.4) is 0 Å². The third kappa shape index (κ3) is 2.62. The zero-order chi connectivity index (χ0) is 10.6. The first-order valence-corrected chi connectivity index (χ1v) is 4.31. The number of rotatable bonds is 4. The zero-order valence-electron chi connectivity index (χ0n) is 7.61. The van der Waals surface area contributed by atoms with Gasteiger partial charge in [0.15, 0.2) is 6.79 Å². The molecule has 0 atom stereocenters. The largest absolute Gasteiger partial charge is 0.490 e. The lowest BCUT2D eigenvalue weighted by Gasteiger charge is -2.09. The molecular formula is C8H10BClO4. The van der Waals surface area contributed by atoms with Crippen molar-refractivity contribution >= 4 is 24.2 Å². The molecule has 0 aliphatic rings. The maximum Gasteiger partial charge on any atom is 0.490 e. The van der Waals surface area contributed by atoms with Gasteiger partial charge in [-0.3, -0.25) is 0 Å². The van der Waals surface area contributed by atoms with E-state index in [4.69, 9.17) is 31.1 Å². The van der Waals surface area contributed by atoms with Crippen LogP contribution in [-0.4, -0.2) is 31.1 Å². The van der Waals surface area contributed by atoms with Crippen LogP contribution < -0.4 is 10.2 Å². The van der Waals surface area contributed by atoms with Gasteiger partial charge in [0, 0.05) is 12.6 Å². The fourth-order valence-corrected chi connectivity index (χ4v) is 1.24. The van der Waals surface area contributed by atoms with Crippen molar-refractivity contribution in [2.75, 3.05) is 13.9 Å². The minimum absolute atomic E-state index is 0.0602. The first kappa shape index (κ1) is 11.3. The number of hydrogen-bond donors (Lipinski definition) is 2. The van der Waals surface area contributed by atoms with E-state index in [2.05, 4.69) is 0 Å². The highest BCUT2D eigenvalue weighted by Crippen LogP contribution is 2.21. The van der Waals surface area contributed by atoms with Crippen LogP contribution in [0, 0.1) is 0 Å². The number of hydrogen-bond acceptors (Lipinski definition) is 4. The van der Waals surface area contributed by atoms with Crippen LogP contribution in [0.1, 0.15) is 0 Å². The van der Waals surface area contributed by atoms with E-state index in [1.807, 2.05) is 0 Å². The standard InChI is InChI=1S/C8H10BClO4/c1-13-5-14-7-4-2-3-6(8(7)10)9(11)12/h2-4,11-12H,5H2,1H3. The van der Waals surface area contributed by atoms with E-state index in [-0.39, 0.29) is 17.3 Å². The molecule has 0 bridgehead atoms. The second-order valence-corrected chi connectivity index (χ2v) is 2.96. The van der Waals surface area contributed by atoms with Gasteiger partial charge in [-0.05, 0) is 6.07 Å². The summed E-state index contributed by atoms with van der Waals surface area (Å²) in [6.07, 6.45) is 0. The molecule has 0 spiro atoms. The SMILES string of the molecule is COCOc1cccc(B(O)O)c1Cl. The van der Waals surface area contributed by atoms with E-state index in [0.29, 0.717) is 5.75 Å². The van der Waals surface area contributed by atoms with Gasteiger partial charge in [-0.2, -0.15) is 0 Å². The molecule has 4 nitrogen and oxygen atoms in total. The van der Waals surface area contributed by atoms with Crippen LogP contribution in [0.4, 0.5) is 0 Å². The van der Waals surface area contributed by atoms with Gasteiger partial charge < -0.3 is 19.5 Å². The average molecular weight is 216 g/mol. The van der Waals surface area contributed by atoms with Crippen molar-refractivity contribution < 1.29 is 19.5 Å². The van der Waals surface area contributed by atoms with Crippen LogP contribution >= 0.6 is 11.6 Å². The van der Waals surface area contributed by atoms with Crippen molar-refractivity contribution in [1.82, 2.24) is 0 Å². The summed E-state index contributed by atoms with van der Waals surface area (Å²) in [6, 6.07) is 4.74. The third-order valence-corrected chi connectivity index (χ3v) is 2.01. The van der Waals surface area contributed by atoms with E-state index in [9.17, 15) is 0 Å². The Balaban J connectivity index is 2.89. The minimum Gasteiger partial charge on any atom is -0.466 e. The number of benzene rings is 1. The summed E-state index contributed by atoms with van der Waals surface area (Å²) < 4.78 is 9.80. The molecule has 0 heterocycles. The fourth-order valence-electron chi connectivity index (χ4n) is 0.961. The van der Waals surface area contributed by atoms with Crippen molar-refractivity contribution in [3.63, 3.8) is 0 Å². The molecule has 6 heteroatoms. The van der Waals surface area contributed by atoms with Gasteiger partial charge >= 0.3 is 7.12 Å². The molecule has 0 unspecified atom stereocenters. The molecule has 0 saturated carbocycles. The summed E-state index contributed by atoms with van der Waals surface area (Å²) >= 11 is 5.84. The highest BCUT2D eigenvalue weighted by molar-refractivity contribution is 6.63. The molecule has 0 fully saturated rings. The van der Waals surface area contributed by atoms with Crippen molar-refractivity contribution in [2.45, 2.75) is 0 Å². The Morgan fingerprint density at radius 1 is 1.43 bits per heavy atom. The summed E-state index contributed by atoms with van der Waals surface area (Å²) in [5.74, 6) is 0.360. The number of halogens is 1. The lowest BCUT2D eigenvalue weighted by atomic mass is 9.80. The molecule has 76 valence electrons. The smallest absolute Gasteiger partial charge is 0.466 e. The van der Waals surface area contributed by atoms with Crippen LogP contribution in [0.5, 0.6) is 5.75 Å². The summed E-state index contributed by atoms with van der Waals surface area (Å²) in [5, 5.41) is 18.1. The number of ether oxygens (including phenoxy) is 2. The molecule has 0 aliphatic heterocycles. The molecule has 0 aliphatic carbocycles. The van der Waals surface area contributed by atoms with Crippen LogP contribution in [-0.2, 0) is 4.74 Å². The first-order valence-electron chi connectivity index (χ1n) is 3.93. The highest BCUT2D eigenvalue weighted by atomic mass is 35.5. The maximum absolute atomic E-state index is 8.94. The van der Waals surface area contributed by atoms with E-state index in [1.54, 1.807) is 12.1 Å². The molecule has 0 aromatic heterocycles. The number of methoxy groups -OCH3 is 1. The lowest BCUT2D eigenvalue weighted by molar-refractivity contribution is 0.0512. The Bertz CT molecular complexity index is 305. The van der Waals surface area contributed by atoms with Crippen molar-refractivity contribution in [3.05, 3.63) is 23.2 Å². The molecule has 1 rings (SSSR count). The van der Waals surface area contributed by atoms with Crippen molar-refractivity contribution in [3.8, 4) is 5.75 Å². The quantitative estimate of drug-likeness (QED) is 0.550. The Kier molecular flexibility index (Phi) is 4.22. The first-order chi connectivity index (χ1) is 6.66. The summed E-state index contributed by atoms with van der Waals surface area (Å²) in [6.45, 7) is 0.0602. The predicted molar refractivity (Wildman–Crippen MR) is 53.8 cm³/mol. The molecule has 2 N–H and O–H groups in total. The van der Waals surface area contributed by atoms with Crippen LogP contribution in [0.15, 0.2) is 18.2 Å². The average Bonchev–Trinajstić information content (AvgIpc) is 2.16. The van der Waals surface area contributed by atoms with Gasteiger partial charge in [-0.15, -0.1) is 0 Å². The fraction of sp³-hybridized carbons (Fsp3) is 0.250. The van der Waals surface area contributed by atoms with Gasteiger partial charge in [0.2, 0.25) is 0 Å². The molecule has 0 radical (unpaired) electrons. The maximum atomic E-state index is 8.94. The van der Waals surface area contributed by atoms with Gasteiger partial charge in [-0.25, -0.2) is 0 Å². The third-order valence-electron chi connectivity index (χ3n) is 1.60. The minimum atomic E-state index is -1.60. The van der Waals surface area contributed by atoms with E-state index in [0.717, 1.165) is 0 Å². The summed E-state index contributed by atoms with van der Waals surface area (Å²) in [4.78, 5) is 0. The molecular weight excluding hydrogens is 206 g/mol. The summed E-state index contributed by atoms with van der Waals surface area (Å²) in [5.41, 5.74) is 0.209. The van der Waals surface area contributed by atoms with E-state index in [1.165, 1.54) is 13.2 Å². The van der Waals surface area contributed by atoms with E-state index >= 15 is 0 Å². The molecule has 14 heavy (non-hydrogen) atoms. The van der Waals surface area contributed by atoms with Gasteiger partial charge in [-0.1, -0.05) is 23.7 Å². The monoisotopic (exact) mass is 216 g/mol. The van der Waals surface area contributed by atoms with E-state index < -0.39 is 7.12 Å². The Morgan fingerprint density at radius 3 is 2.71 bits per heavy atom. The molecule has 0 amide bonds. The van der Waals surface area contributed by atoms with Crippen molar-refractivity contribution in [1.29, 1.82) is 0 Å². The summed E-state index contributed by atoms with van der Waals surface area (Å²) in [7, 11) is -0.118. The van der Waals surface area contributed by atoms with Gasteiger partial charge in [0.25, 0.3) is 0 Å². The highest BCUT2D eigenvalue weighted by Gasteiger charge is 2.17. The van der Waals surface area contributed by atoms with Gasteiger partial charge in [0.1, 0.15) is 5.75 Å². The lowest BCUT2D eigenvalue weighted by Crippen LogP contribution is -2.30.